The summed E-state index contributed by atoms with van der Waals surface area (Å²) in [6.07, 6.45) is 0. The highest BCUT2D eigenvalue weighted by atomic mass is 32.1. The molecule has 0 saturated heterocycles. The van der Waals surface area contributed by atoms with Gasteiger partial charge in [-0.05, 0) is 92.7 Å². The van der Waals surface area contributed by atoms with Crippen molar-refractivity contribution in [2.75, 3.05) is 4.90 Å². The summed E-state index contributed by atoms with van der Waals surface area (Å²) >= 11 is 3.82. The van der Waals surface area contributed by atoms with Crippen LogP contribution in [0.1, 0.15) is 0 Å². The third-order valence-corrected chi connectivity index (χ3v) is 13.3. The van der Waals surface area contributed by atoms with Gasteiger partial charge in [0.1, 0.15) is 0 Å². The average molecular weight is 736 g/mol. The molecule has 2 heterocycles. The Balaban J connectivity index is 1.05. The van der Waals surface area contributed by atoms with E-state index in [9.17, 15) is 0 Å². The summed E-state index contributed by atoms with van der Waals surface area (Å²) in [5.41, 5.74) is 10.7. The standard InChI is InChI=1S/C52H33NS2/c1-2-11-34(12-3-1)35-23-27-39(28-24-35)53(40-29-25-37(26-30-40)43-19-9-14-36-13-4-5-17-42(36)43)41-16-8-15-38(33-41)44-20-10-21-45-46-31-32-49-50(52(46)55-51(44)45)47-18-6-7-22-48(47)54-49/h1-33H. The highest BCUT2D eigenvalue weighted by molar-refractivity contribution is 7.30. The second kappa shape index (κ2) is 13.1. The van der Waals surface area contributed by atoms with Gasteiger partial charge in [0.2, 0.25) is 0 Å². The molecule has 2 aromatic heterocycles. The van der Waals surface area contributed by atoms with E-state index in [-0.39, 0.29) is 0 Å². The van der Waals surface area contributed by atoms with E-state index in [2.05, 4.69) is 205 Å². The smallest absolute Gasteiger partial charge is 0.0467 e. The number of hydrogen-bond acceptors (Lipinski definition) is 3. The minimum Gasteiger partial charge on any atom is -0.310 e. The van der Waals surface area contributed by atoms with Crippen molar-refractivity contribution < 1.29 is 0 Å². The molecular weight excluding hydrogens is 703 g/mol. The fourth-order valence-electron chi connectivity index (χ4n) is 8.25. The molecule has 0 N–H and O–H groups in total. The van der Waals surface area contributed by atoms with Gasteiger partial charge in [0.05, 0.1) is 0 Å². The molecule has 0 aliphatic carbocycles. The van der Waals surface area contributed by atoms with E-state index in [0.29, 0.717) is 0 Å². The summed E-state index contributed by atoms with van der Waals surface area (Å²) < 4.78 is 5.40. The van der Waals surface area contributed by atoms with Gasteiger partial charge in [0.25, 0.3) is 0 Å². The average Bonchev–Trinajstić information content (AvgIpc) is 3.83. The first kappa shape index (κ1) is 32.0. The van der Waals surface area contributed by atoms with Crippen molar-refractivity contribution in [2.24, 2.45) is 0 Å². The number of fused-ring (bicyclic) bond motifs is 8. The van der Waals surface area contributed by atoms with Crippen LogP contribution in [-0.4, -0.2) is 0 Å². The van der Waals surface area contributed by atoms with E-state index in [4.69, 9.17) is 0 Å². The van der Waals surface area contributed by atoms with Gasteiger partial charge in [-0.2, -0.15) is 0 Å². The lowest BCUT2D eigenvalue weighted by atomic mass is 9.98. The Labute approximate surface area is 327 Å². The molecule has 0 amide bonds. The highest BCUT2D eigenvalue weighted by Gasteiger charge is 2.18. The zero-order chi connectivity index (χ0) is 36.3. The summed E-state index contributed by atoms with van der Waals surface area (Å²) in [6.45, 7) is 0. The number of nitrogens with zero attached hydrogens (tertiary/aromatic N) is 1. The SMILES string of the molecule is c1ccc(-c2ccc(N(c3ccc(-c4cccc5ccccc45)cc3)c3cccc(-c4cccc5c4sc4c5ccc5sc6ccccc6c54)c3)cc2)cc1. The van der Waals surface area contributed by atoms with Crippen molar-refractivity contribution in [2.45, 2.75) is 0 Å². The largest absolute Gasteiger partial charge is 0.310 e. The lowest BCUT2D eigenvalue weighted by Gasteiger charge is -2.26. The first-order valence-electron chi connectivity index (χ1n) is 18.7. The predicted molar refractivity (Wildman–Crippen MR) is 241 cm³/mol. The number of benzene rings is 9. The van der Waals surface area contributed by atoms with Crippen LogP contribution >= 0.6 is 22.7 Å². The summed E-state index contributed by atoms with van der Waals surface area (Å²) in [5.74, 6) is 0. The monoisotopic (exact) mass is 735 g/mol. The van der Waals surface area contributed by atoms with E-state index >= 15 is 0 Å². The van der Waals surface area contributed by atoms with Gasteiger partial charge in [0.15, 0.2) is 0 Å². The number of hydrogen-bond donors (Lipinski definition) is 0. The second-order valence-electron chi connectivity index (χ2n) is 14.1. The third kappa shape index (κ3) is 5.43. The van der Waals surface area contributed by atoms with E-state index < -0.39 is 0 Å². The molecular formula is C52H33NS2. The Morgan fingerprint density at radius 1 is 0.309 bits per heavy atom. The van der Waals surface area contributed by atoms with E-state index in [1.807, 2.05) is 22.7 Å². The molecule has 1 nitrogen and oxygen atoms in total. The maximum Gasteiger partial charge on any atom is 0.0467 e. The molecule has 0 aliphatic rings. The molecule has 0 bridgehead atoms. The molecule has 55 heavy (non-hydrogen) atoms. The summed E-state index contributed by atoms with van der Waals surface area (Å²) in [7, 11) is 0. The van der Waals surface area contributed by atoms with Crippen molar-refractivity contribution in [3.8, 4) is 33.4 Å². The molecule has 3 heteroatoms. The van der Waals surface area contributed by atoms with E-state index in [0.717, 1.165) is 17.1 Å². The Morgan fingerprint density at radius 3 is 1.75 bits per heavy atom. The first-order chi connectivity index (χ1) is 27.3. The van der Waals surface area contributed by atoms with Crippen molar-refractivity contribution in [1.29, 1.82) is 0 Å². The molecule has 11 aromatic rings. The van der Waals surface area contributed by atoms with Crippen LogP contribution in [0.25, 0.3) is 84.5 Å². The Kier molecular flexibility index (Phi) is 7.61. The fraction of sp³-hybridized carbons (Fsp3) is 0. The molecule has 0 unspecified atom stereocenters. The summed E-state index contributed by atoms with van der Waals surface area (Å²) in [6, 6.07) is 73.1. The third-order valence-electron chi connectivity index (χ3n) is 10.9. The van der Waals surface area contributed by atoms with Gasteiger partial charge in [-0.1, -0.05) is 152 Å². The van der Waals surface area contributed by atoms with Crippen LogP contribution in [0, 0.1) is 0 Å². The van der Waals surface area contributed by atoms with Gasteiger partial charge >= 0.3 is 0 Å². The van der Waals surface area contributed by atoms with Gasteiger partial charge < -0.3 is 4.90 Å². The predicted octanol–water partition coefficient (Wildman–Crippen LogP) is 16.0. The van der Waals surface area contributed by atoms with Crippen LogP contribution in [0.15, 0.2) is 200 Å². The van der Waals surface area contributed by atoms with Crippen LogP contribution in [-0.2, 0) is 0 Å². The first-order valence-corrected chi connectivity index (χ1v) is 20.3. The fourth-order valence-corrected chi connectivity index (χ4v) is 10.8. The van der Waals surface area contributed by atoms with Crippen LogP contribution in [0.5, 0.6) is 0 Å². The summed E-state index contributed by atoms with van der Waals surface area (Å²) in [5, 5.41) is 7.91. The van der Waals surface area contributed by atoms with Crippen molar-refractivity contribution >= 4 is 90.9 Å². The Morgan fingerprint density at radius 2 is 0.909 bits per heavy atom. The van der Waals surface area contributed by atoms with Crippen molar-refractivity contribution in [3.05, 3.63) is 200 Å². The van der Waals surface area contributed by atoms with Gasteiger partial charge in [-0.25, -0.2) is 0 Å². The topological polar surface area (TPSA) is 3.24 Å². The Bertz CT molecular complexity index is 3180. The molecule has 9 aromatic carbocycles. The normalized spacial score (nSPS) is 11.6. The number of thiophene rings is 2. The minimum atomic E-state index is 1.11. The number of anilines is 3. The van der Waals surface area contributed by atoms with E-state index in [1.165, 1.54) is 84.5 Å². The minimum absolute atomic E-state index is 1.11. The van der Waals surface area contributed by atoms with Crippen LogP contribution in [0.4, 0.5) is 17.1 Å². The molecule has 0 atom stereocenters. The zero-order valence-corrected chi connectivity index (χ0v) is 31.4. The zero-order valence-electron chi connectivity index (χ0n) is 29.8. The molecule has 0 saturated carbocycles. The maximum atomic E-state index is 2.39. The second-order valence-corrected chi connectivity index (χ2v) is 16.2. The maximum absolute atomic E-state index is 2.39. The molecule has 0 radical (unpaired) electrons. The molecule has 258 valence electrons. The van der Waals surface area contributed by atoms with Gasteiger partial charge in [0, 0.05) is 57.4 Å². The molecule has 0 spiro atoms. The lowest BCUT2D eigenvalue weighted by Crippen LogP contribution is -2.10. The van der Waals surface area contributed by atoms with Gasteiger partial charge in [-0.15, -0.1) is 22.7 Å². The molecule has 11 rings (SSSR count). The highest BCUT2D eigenvalue weighted by Crippen LogP contribution is 2.47. The van der Waals surface area contributed by atoms with Crippen LogP contribution in [0.3, 0.4) is 0 Å². The molecule has 0 aliphatic heterocycles. The van der Waals surface area contributed by atoms with Crippen LogP contribution in [0.2, 0.25) is 0 Å². The van der Waals surface area contributed by atoms with Gasteiger partial charge in [-0.3, -0.25) is 0 Å². The lowest BCUT2D eigenvalue weighted by molar-refractivity contribution is 1.28. The van der Waals surface area contributed by atoms with Crippen LogP contribution < -0.4 is 4.90 Å². The van der Waals surface area contributed by atoms with Crippen molar-refractivity contribution in [3.63, 3.8) is 0 Å². The summed E-state index contributed by atoms with van der Waals surface area (Å²) in [4.78, 5) is 2.39. The van der Waals surface area contributed by atoms with Crippen molar-refractivity contribution in [1.82, 2.24) is 0 Å². The molecule has 0 fully saturated rings. The number of rotatable bonds is 6. The Hall–Kier alpha value is -6.52. The van der Waals surface area contributed by atoms with E-state index in [1.54, 1.807) is 0 Å². The quantitative estimate of drug-likeness (QED) is 0.164.